The average Bonchev–Trinajstić information content (AvgIpc) is 2.42. The van der Waals surface area contributed by atoms with Crippen molar-refractivity contribution in [3.63, 3.8) is 0 Å². The third-order valence-corrected chi connectivity index (χ3v) is 2.86. The van der Waals surface area contributed by atoms with Crippen molar-refractivity contribution in [3.8, 4) is 5.75 Å². The topological polar surface area (TPSA) is 38.3 Å². The van der Waals surface area contributed by atoms with Gasteiger partial charge in [0.2, 0.25) is 0 Å². The van der Waals surface area contributed by atoms with Crippen molar-refractivity contribution in [3.05, 3.63) is 59.1 Å². The summed E-state index contributed by atoms with van der Waals surface area (Å²) in [5.41, 5.74) is 1.13. The van der Waals surface area contributed by atoms with E-state index < -0.39 is 0 Å². The number of halogens is 1. The molecule has 2 rings (SSSR count). The zero-order chi connectivity index (χ0) is 13.7. The van der Waals surface area contributed by atoms with Gasteiger partial charge in [-0.3, -0.25) is 4.79 Å². The van der Waals surface area contributed by atoms with Crippen LogP contribution in [0.4, 0.5) is 5.69 Å². The SMILES string of the molecule is CCOc1cccc(C(=O)Nc2ccccc2Cl)c1. The normalized spacial score (nSPS) is 10.0. The van der Waals surface area contributed by atoms with Gasteiger partial charge in [-0.05, 0) is 37.3 Å². The van der Waals surface area contributed by atoms with Gasteiger partial charge in [0.05, 0.1) is 17.3 Å². The van der Waals surface area contributed by atoms with Crippen molar-refractivity contribution >= 4 is 23.2 Å². The average molecular weight is 276 g/mol. The van der Waals surface area contributed by atoms with E-state index in [2.05, 4.69) is 5.32 Å². The summed E-state index contributed by atoms with van der Waals surface area (Å²) in [6, 6.07) is 14.2. The maximum absolute atomic E-state index is 12.1. The molecule has 0 aliphatic rings. The predicted molar refractivity (Wildman–Crippen MR) is 77.0 cm³/mol. The van der Waals surface area contributed by atoms with Gasteiger partial charge in [0.15, 0.2) is 0 Å². The Morgan fingerprint density at radius 2 is 2.00 bits per heavy atom. The Bertz CT molecular complexity index is 584. The summed E-state index contributed by atoms with van der Waals surface area (Å²) in [6.07, 6.45) is 0. The zero-order valence-corrected chi connectivity index (χ0v) is 11.3. The second-order valence-corrected chi connectivity index (χ2v) is 4.30. The van der Waals surface area contributed by atoms with Crippen molar-refractivity contribution in [2.45, 2.75) is 6.92 Å². The van der Waals surface area contributed by atoms with Gasteiger partial charge < -0.3 is 10.1 Å². The molecule has 4 heteroatoms. The van der Waals surface area contributed by atoms with E-state index in [1.165, 1.54) is 0 Å². The van der Waals surface area contributed by atoms with Gasteiger partial charge in [-0.1, -0.05) is 29.8 Å². The van der Waals surface area contributed by atoms with Gasteiger partial charge in [0.1, 0.15) is 5.75 Å². The minimum Gasteiger partial charge on any atom is -0.494 e. The van der Waals surface area contributed by atoms with Crippen molar-refractivity contribution in [2.75, 3.05) is 11.9 Å². The number of rotatable bonds is 4. The summed E-state index contributed by atoms with van der Waals surface area (Å²) in [5, 5.41) is 3.28. The van der Waals surface area contributed by atoms with E-state index >= 15 is 0 Å². The molecule has 1 N–H and O–H groups in total. The van der Waals surface area contributed by atoms with Gasteiger partial charge >= 0.3 is 0 Å². The molecule has 0 aliphatic carbocycles. The van der Waals surface area contributed by atoms with Crippen LogP contribution in [0, 0.1) is 0 Å². The van der Waals surface area contributed by atoms with E-state index in [4.69, 9.17) is 16.3 Å². The first-order valence-corrected chi connectivity index (χ1v) is 6.37. The van der Waals surface area contributed by atoms with Gasteiger partial charge in [-0.2, -0.15) is 0 Å². The summed E-state index contributed by atoms with van der Waals surface area (Å²) in [4.78, 5) is 12.1. The van der Waals surface area contributed by atoms with Crippen molar-refractivity contribution in [1.82, 2.24) is 0 Å². The van der Waals surface area contributed by atoms with Crippen LogP contribution in [-0.2, 0) is 0 Å². The Morgan fingerprint density at radius 1 is 1.21 bits per heavy atom. The smallest absolute Gasteiger partial charge is 0.255 e. The van der Waals surface area contributed by atoms with Crippen molar-refractivity contribution < 1.29 is 9.53 Å². The summed E-state index contributed by atoms with van der Waals surface area (Å²) >= 11 is 6.00. The molecule has 1 amide bonds. The number of hydrogen-bond donors (Lipinski definition) is 1. The van der Waals surface area contributed by atoms with Crippen LogP contribution >= 0.6 is 11.6 Å². The Morgan fingerprint density at radius 3 is 2.74 bits per heavy atom. The first-order chi connectivity index (χ1) is 9.20. The lowest BCUT2D eigenvalue weighted by molar-refractivity contribution is 0.102. The molecule has 0 bridgehead atoms. The second kappa shape index (κ2) is 6.25. The standard InChI is InChI=1S/C15H14ClNO2/c1-2-19-12-7-5-6-11(10-12)15(18)17-14-9-4-3-8-13(14)16/h3-10H,2H2,1H3,(H,17,18). The van der Waals surface area contributed by atoms with Crippen molar-refractivity contribution in [2.24, 2.45) is 0 Å². The zero-order valence-electron chi connectivity index (χ0n) is 10.5. The first kappa shape index (κ1) is 13.4. The highest BCUT2D eigenvalue weighted by molar-refractivity contribution is 6.33. The van der Waals surface area contributed by atoms with Crippen LogP contribution in [-0.4, -0.2) is 12.5 Å². The molecule has 0 aliphatic heterocycles. The quantitative estimate of drug-likeness (QED) is 0.916. The van der Waals surface area contributed by atoms with Crippen molar-refractivity contribution in [1.29, 1.82) is 0 Å². The largest absolute Gasteiger partial charge is 0.494 e. The maximum atomic E-state index is 12.1. The van der Waals surface area contributed by atoms with Gasteiger partial charge in [0, 0.05) is 5.56 Å². The fourth-order valence-corrected chi connectivity index (χ4v) is 1.83. The Labute approximate surface area is 117 Å². The third-order valence-electron chi connectivity index (χ3n) is 2.53. The number of para-hydroxylation sites is 1. The number of carbonyl (C=O) groups is 1. The molecule has 0 aromatic heterocycles. The molecular formula is C15H14ClNO2. The van der Waals surface area contributed by atoms with Gasteiger partial charge in [-0.25, -0.2) is 0 Å². The fourth-order valence-electron chi connectivity index (χ4n) is 1.65. The Hall–Kier alpha value is -2.00. The van der Waals surface area contributed by atoms with Crippen LogP contribution in [0.25, 0.3) is 0 Å². The highest BCUT2D eigenvalue weighted by atomic mass is 35.5. The van der Waals surface area contributed by atoms with Crippen LogP contribution in [0.2, 0.25) is 5.02 Å². The lowest BCUT2D eigenvalue weighted by Crippen LogP contribution is -2.12. The number of hydrogen-bond acceptors (Lipinski definition) is 2. The van der Waals surface area contributed by atoms with E-state index in [1.807, 2.05) is 25.1 Å². The summed E-state index contributed by atoms with van der Waals surface area (Å²) in [7, 11) is 0. The number of nitrogens with one attached hydrogen (secondary N) is 1. The van der Waals surface area contributed by atoms with Crippen LogP contribution in [0.5, 0.6) is 5.75 Å². The fraction of sp³-hybridized carbons (Fsp3) is 0.133. The summed E-state index contributed by atoms with van der Waals surface area (Å²) in [6.45, 7) is 2.46. The highest BCUT2D eigenvalue weighted by Crippen LogP contribution is 2.22. The van der Waals surface area contributed by atoms with Gasteiger partial charge in [-0.15, -0.1) is 0 Å². The van der Waals surface area contributed by atoms with Gasteiger partial charge in [0.25, 0.3) is 5.91 Å². The maximum Gasteiger partial charge on any atom is 0.255 e. The van der Waals surface area contributed by atoms with Crippen LogP contribution in [0.1, 0.15) is 17.3 Å². The molecule has 0 unspecified atom stereocenters. The molecule has 98 valence electrons. The monoisotopic (exact) mass is 275 g/mol. The van der Waals surface area contributed by atoms with E-state index in [9.17, 15) is 4.79 Å². The van der Waals surface area contributed by atoms with E-state index in [0.717, 1.165) is 0 Å². The first-order valence-electron chi connectivity index (χ1n) is 5.99. The molecule has 2 aromatic carbocycles. The molecule has 0 heterocycles. The molecule has 0 saturated carbocycles. The van der Waals surface area contributed by atoms with E-state index in [1.54, 1.807) is 30.3 Å². The number of amides is 1. The van der Waals surface area contributed by atoms with E-state index in [0.29, 0.717) is 28.6 Å². The molecular weight excluding hydrogens is 262 g/mol. The Balaban J connectivity index is 2.16. The molecule has 19 heavy (non-hydrogen) atoms. The molecule has 2 aromatic rings. The molecule has 0 fully saturated rings. The lowest BCUT2D eigenvalue weighted by Gasteiger charge is -2.08. The Kier molecular flexibility index (Phi) is 4.42. The summed E-state index contributed by atoms with van der Waals surface area (Å²) < 4.78 is 5.36. The molecule has 3 nitrogen and oxygen atoms in total. The highest BCUT2D eigenvalue weighted by Gasteiger charge is 2.08. The molecule has 0 spiro atoms. The summed E-state index contributed by atoms with van der Waals surface area (Å²) in [5.74, 6) is 0.462. The van der Waals surface area contributed by atoms with E-state index in [-0.39, 0.29) is 5.91 Å². The van der Waals surface area contributed by atoms with Crippen LogP contribution in [0.15, 0.2) is 48.5 Å². The number of benzene rings is 2. The number of anilines is 1. The minimum atomic E-state index is -0.213. The van der Waals surface area contributed by atoms with Crippen LogP contribution < -0.4 is 10.1 Å². The number of ether oxygens (including phenoxy) is 1. The minimum absolute atomic E-state index is 0.213. The third kappa shape index (κ3) is 3.48. The molecule has 0 radical (unpaired) electrons. The second-order valence-electron chi connectivity index (χ2n) is 3.89. The molecule has 0 saturated heterocycles. The molecule has 0 atom stereocenters. The number of carbonyl (C=O) groups excluding carboxylic acids is 1. The lowest BCUT2D eigenvalue weighted by atomic mass is 10.2. The predicted octanol–water partition coefficient (Wildman–Crippen LogP) is 3.99. The van der Waals surface area contributed by atoms with Crippen LogP contribution in [0.3, 0.4) is 0 Å².